The van der Waals surface area contributed by atoms with Crippen molar-refractivity contribution in [2.75, 3.05) is 4.90 Å². The van der Waals surface area contributed by atoms with Gasteiger partial charge in [0.15, 0.2) is 0 Å². The van der Waals surface area contributed by atoms with Crippen molar-refractivity contribution in [2.24, 2.45) is 21.5 Å². The Labute approximate surface area is 132 Å². The van der Waals surface area contributed by atoms with Gasteiger partial charge in [-0.1, -0.05) is 6.42 Å². The summed E-state index contributed by atoms with van der Waals surface area (Å²) in [6.45, 7) is 0. The average Bonchev–Trinajstić information content (AvgIpc) is 2.48. The standard InChI is InChI=1S/C15H18FN5O2/c16-10-5-4-9(12(22)23)8-11(10)21-14(18)19-13(17)20-15(21)6-2-1-3-7-15/h4-5,8H,1-3,6-7H2,(H,22,23)(H4,17,18,19,20). The third-order valence-electron chi connectivity index (χ3n) is 4.29. The number of aliphatic imine (C=N–C) groups is 2. The second kappa shape index (κ2) is 5.53. The Kier molecular flexibility index (Phi) is 3.67. The first-order chi connectivity index (χ1) is 10.9. The fraction of sp³-hybridized carbons (Fsp3) is 0.400. The van der Waals surface area contributed by atoms with Crippen molar-refractivity contribution in [3.63, 3.8) is 0 Å². The summed E-state index contributed by atoms with van der Waals surface area (Å²) >= 11 is 0. The molecule has 1 aliphatic heterocycles. The summed E-state index contributed by atoms with van der Waals surface area (Å²) in [4.78, 5) is 21.1. The van der Waals surface area contributed by atoms with E-state index in [1.54, 1.807) is 0 Å². The van der Waals surface area contributed by atoms with Crippen LogP contribution < -0.4 is 16.4 Å². The minimum Gasteiger partial charge on any atom is -0.478 e. The number of benzene rings is 1. The Morgan fingerprint density at radius 3 is 2.61 bits per heavy atom. The van der Waals surface area contributed by atoms with Gasteiger partial charge in [-0.05, 0) is 43.9 Å². The van der Waals surface area contributed by atoms with Gasteiger partial charge in [0.2, 0.25) is 11.9 Å². The number of nitrogens with two attached hydrogens (primary N) is 2. The van der Waals surface area contributed by atoms with Crippen molar-refractivity contribution in [2.45, 2.75) is 37.8 Å². The molecule has 2 aliphatic rings. The zero-order valence-electron chi connectivity index (χ0n) is 12.5. The number of anilines is 1. The van der Waals surface area contributed by atoms with Crippen molar-refractivity contribution in [3.8, 4) is 0 Å². The molecule has 5 N–H and O–H groups in total. The maximum Gasteiger partial charge on any atom is 0.335 e. The molecule has 1 aromatic rings. The van der Waals surface area contributed by atoms with E-state index in [-0.39, 0.29) is 23.2 Å². The van der Waals surface area contributed by atoms with Gasteiger partial charge < -0.3 is 16.6 Å². The van der Waals surface area contributed by atoms with Crippen molar-refractivity contribution in [3.05, 3.63) is 29.6 Å². The van der Waals surface area contributed by atoms with Crippen LogP contribution in [0.4, 0.5) is 10.1 Å². The van der Waals surface area contributed by atoms with E-state index in [9.17, 15) is 9.18 Å². The summed E-state index contributed by atoms with van der Waals surface area (Å²) in [6.07, 6.45) is 4.17. The number of aromatic carboxylic acids is 1. The number of carboxylic acids is 1. The SMILES string of the molecule is NC1=NC2(CCCCC2)N(c2cc(C(=O)O)ccc2F)C(N)=N1. The maximum absolute atomic E-state index is 14.4. The van der Waals surface area contributed by atoms with Gasteiger partial charge in [-0.2, -0.15) is 4.99 Å². The van der Waals surface area contributed by atoms with Crippen molar-refractivity contribution in [1.82, 2.24) is 0 Å². The molecule has 1 saturated carbocycles. The highest BCUT2D eigenvalue weighted by Crippen LogP contribution is 2.40. The van der Waals surface area contributed by atoms with Crippen molar-refractivity contribution in [1.29, 1.82) is 0 Å². The molecule has 1 fully saturated rings. The van der Waals surface area contributed by atoms with Gasteiger partial charge >= 0.3 is 5.97 Å². The van der Waals surface area contributed by atoms with Crippen LogP contribution in [-0.4, -0.2) is 28.7 Å². The summed E-state index contributed by atoms with van der Waals surface area (Å²) in [5, 5.41) is 9.16. The molecule has 0 unspecified atom stereocenters. The number of rotatable bonds is 2. The van der Waals surface area contributed by atoms with Gasteiger partial charge in [0.1, 0.15) is 11.5 Å². The minimum atomic E-state index is -1.14. The number of halogens is 1. The number of guanidine groups is 2. The van der Waals surface area contributed by atoms with Gasteiger partial charge in [0.05, 0.1) is 11.3 Å². The van der Waals surface area contributed by atoms with Gasteiger partial charge in [0, 0.05) is 0 Å². The van der Waals surface area contributed by atoms with Crippen LogP contribution >= 0.6 is 0 Å². The number of hydrogen-bond acceptors (Lipinski definition) is 6. The van der Waals surface area contributed by atoms with Gasteiger partial charge in [-0.15, -0.1) is 0 Å². The van der Waals surface area contributed by atoms with Crippen LogP contribution in [0.2, 0.25) is 0 Å². The number of nitrogens with zero attached hydrogens (tertiary/aromatic N) is 3. The Bertz CT molecular complexity index is 710. The second-order valence-electron chi connectivity index (χ2n) is 5.79. The highest BCUT2D eigenvalue weighted by molar-refractivity contribution is 6.06. The minimum absolute atomic E-state index is 0.0253. The molecule has 0 radical (unpaired) electrons. The van der Waals surface area contributed by atoms with Gasteiger partial charge in [0.25, 0.3) is 0 Å². The summed E-state index contributed by atoms with van der Waals surface area (Å²) < 4.78 is 14.4. The molecular formula is C15H18FN5O2. The van der Waals surface area contributed by atoms with Gasteiger partial charge in [-0.25, -0.2) is 14.2 Å². The largest absolute Gasteiger partial charge is 0.478 e. The van der Waals surface area contributed by atoms with E-state index in [0.717, 1.165) is 25.3 Å². The molecule has 1 heterocycles. The zero-order valence-corrected chi connectivity index (χ0v) is 12.5. The summed E-state index contributed by atoms with van der Waals surface area (Å²) in [6, 6.07) is 3.58. The van der Waals surface area contributed by atoms with E-state index in [2.05, 4.69) is 9.98 Å². The van der Waals surface area contributed by atoms with E-state index >= 15 is 0 Å². The molecule has 1 aliphatic carbocycles. The molecule has 0 amide bonds. The molecule has 0 aromatic heterocycles. The van der Waals surface area contributed by atoms with Crippen LogP contribution in [0, 0.1) is 5.82 Å². The summed E-state index contributed by atoms with van der Waals surface area (Å²) in [5.74, 6) is -1.62. The summed E-state index contributed by atoms with van der Waals surface area (Å²) in [5.41, 5.74) is 11.0. The van der Waals surface area contributed by atoms with Crippen molar-refractivity contribution < 1.29 is 14.3 Å². The molecule has 122 valence electrons. The molecule has 0 saturated heterocycles. The van der Waals surface area contributed by atoms with E-state index in [1.165, 1.54) is 17.0 Å². The molecular weight excluding hydrogens is 301 g/mol. The molecule has 0 bridgehead atoms. The van der Waals surface area contributed by atoms with E-state index in [1.807, 2.05) is 0 Å². The molecule has 1 aromatic carbocycles. The quantitative estimate of drug-likeness (QED) is 0.766. The normalized spacial score (nSPS) is 20.1. The Morgan fingerprint density at radius 1 is 1.26 bits per heavy atom. The predicted octanol–water partition coefficient (Wildman–Crippen LogP) is 1.63. The predicted molar refractivity (Wildman–Crippen MR) is 84.9 cm³/mol. The van der Waals surface area contributed by atoms with Crippen LogP contribution in [-0.2, 0) is 0 Å². The fourth-order valence-electron chi connectivity index (χ4n) is 3.29. The van der Waals surface area contributed by atoms with E-state index < -0.39 is 17.4 Å². The lowest BCUT2D eigenvalue weighted by atomic mass is 9.87. The molecule has 7 nitrogen and oxygen atoms in total. The number of carboxylic acid groups (broad SMARTS) is 1. The van der Waals surface area contributed by atoms with E-state index in [0.29, 0.717) is 12.8 Å². The highest BCUT2D eigenvalue weighted by atomic mass is 19.1. The monoisotopic (exact) mass is 319 g/mol. The molecule has 1 spiro atoms. The van der Waals surface area contributed by atoms with Crippen LogP contribution in [0.1, 0.15) is 42.5 Å². The Morgan fingerprint density at radius 2 is 1.96 bits per heavy atom. The molecule has 3 rings (SSSR count). The lowest BCUT2D eigenvalue weighted by Crippen LogP contribution is -2.58. The first kappa shape index (κ1) is 15.3. The van der Waals surface area contributed by atoms with Crippen LogP contribution in [0.5, 0.6) is 0 Å². The highest BCUT2D eigenvalue weighted by Gasteiger charge is 2.43. The fourth-order valence-corrected chi connectivity index (χ4v) is 3.29. The first-order valence-corrected chi connectivity index (χ1v) is 7.45. The third-order valence-corrected chi connectivity index (χ3v) is 4.29. The van der Waals surface area contributed by atoms with E-state index in [4.69, 9.17) is 16.6 Å². The smallest absolute Gasteiger partial charge is 0.335 e. The molecule has 23 heavy (non-hydrogen) atoms. The molecule has 8 heteroatoms. The van der Waals surface area contributed by atoms with Crippen molar-refractivity contribution >= 4 is 23.6 Å². The zero-order chi connectivity index (χ0) is 16.6. The average molecular weight is 319 g/mol. The van der Waals surface area contributed by atoms with Gasteiger partial charge in [-0.3, -0.25) is 4.90 Å². The Hall–Kier alpha value is -2.64. The lowest BCUT2D eigenvalue weighted by molar-refractivity contribution is 0.0697. The first-order valence-electron chi connectivity index (χ1n) is 7.45. The van der Waals surface area contributed by atoms with Crippen LogP contribution in [0.15, 0.2) is 28.2 Å². The van der Waals surface area contributed by atoms with Crippen LogP contribution in [0.25, 0.3) is 0 Å². The topological polar surface area (TPSA) is 117 Å². The maximum atomic E-state index is 14.4. The number of hydrogen-bond donors (Lipinski definition) is 3. The Balaban J connectivity index is 2.14. The number of carbonyl (C=O) groups is 1. The van der Waals surface area contributed by atoms with Crippen LogP contribution in [0.3, 0.4) is 0 Å². The lowest BCUT2D eigenvalue weighted by Gasteiger charge is -2.45. The molecule has 0 atom stereocenters. The second-order valence-corrected chi connectivity index (χ2v) is 5.79. The third kappa shape index (κ3) is 2.60. The summed E-state index contributed by atoms with van der Waals surface area (Å²) in [7, 11) is 0.